The van der Waals surface area contributed by atoms with E-state index in [4.69, 9.17) is 4.74 Å². The summed E-state index contributed by atoms with van der Waals surface area (Å²) in [6.45, 7) is 2.52. The number of amides is 1. The molecule has 0 aliphatic heterocycles. The number of ether oxygens (including phenoxy) is 1. The first-order valence-corrected chi connectivity index (χ1v) is 7.08. The quantitative estimate of drug-likeness (QED) is 0.730. The summed E-state index contributed by atoms with van der Waals surface area (Å²) in [6, 6.07) is 0. The zero-order chi connectivity index (χ0) is 13.4. The van der Waals surface area contributed by atoms with Gasteiger partial charge in [-0.2, -0.15) is 0 Å². The molecule has 0 heterocycles. The summed E-state index contributed by atoms with van der Waals surface area (Å²) in [7, 11) is 1.54. The molecular formula is C14H27NO3. The van der Waals surface area contributed by atoms with Crippen LogP contribution in [0.25, 0.3) is 0 Å². The van der Waals surface area contributed by atoms with Crippen molar-refractivity contribution in [2.45, 2.75) is 51.6 Å². The van der Waals surface area contributed by atoms with Gasteiger partial charge in [0.1, 0.15) is 0 Å². The Labute approximate surface area is 110 Å². The maximum absolute atomic E-state index is 11.9. The molecule has 1 aliphatic carbocycles. The molecule has 0 spiro atoms. The summed E-state index contributed by atoms with van der Waals surface area (Å²) in [5.74, 6) is 0.807. The van der Waals surface area contributed by atoms with Gasteiger partial charge < -0.3 is 15.2 Å². The minimum Gasteiger partial charge on any atom is -0.389 e. The second-order valence-corrected chi connectivity index (χ2v) is 5.50. The SMILES string of the molecule is COCC(O)CNC(=O)C(C)CC1CCCCC1. The van der Waals surface area contributed by atoms with Crippen LogP contribution in [0.2, 0.25) is 0 Å². The van der Waals surface area contributed by atoms with Crippen LogP contribution in [0.3, 0.4) is 0 Å². The molecule has 0 bridgehead atoms. The number of aliphatic hydroxyl groups is 1. The highest BCUT2D eigenvalue weighted by Gasteiger charge is 2.21. The monoisotopic (exact) mass is 257 g/mol. The minimum absolute atomic E-state index is 0.0443. The van der Waals surface area contributed by atoms with E-state index in [1.54, 1.807) is 0 Å². The predicted octanol–water partition coefficient (Wildman–Crippen LogP) is 1.72. The van der Waals surface area contributed by atoms with Crippen molar-refractivity contribution in [1.82, 2.24) is 5.32 Å². The van der Waals surface area contributed by atoms with E-state index in [1.165, 1.54) is 39.2 Å². The third-order valence-corrected chi connectivity index (χ3v) is 3.73. The summed E-state index contributed by atoms with van der Waals surface area (Å²) in [4.78, 5) is 11.9. The predicted molar refractivity (Wildman–Crippen MR) is 71.2 cm³/mol. The molecule has 1 aliphatic rings. The molecule has 0 saturated heterocycles. The summed E-state index contributed by atoms with van der Waals surface area (Å²) < 4.78 is 4.82. The molecule has 1 saturated carbocycles. The number of carbonyl (C=O) groups excluding carboxylic acids is 1. The number of hydrogen-bond acceptors (Lipinski definition) is 3. The van der Waals surface area contributed by atoms with Gasteiger partial charge in [-0.25, -0.2) is 0 Å². The molecule has 2 atom stereocenters. The van der Waals surface area contributed by atoms with Crippen LogP contribution in [-0.4, -0.2) is 37.4 Å². The van der Waals surface area contributed by atoms with Crippen molar-refractivity contribution in [2.75, 3.05) is 20.3 Å². The average Bonchev–Trinajstić information content (AvgIpc) is 2.37. The third kappa shape index (κ3) is 5.83. The molecule has 0 aromatic carbocycles. The maximum Gasteiger partial charge on any atom is 0.222 e. The normalized spacial score (nSPS) is 20.4. The number of rotatable bonds is 7. The molecule has 2 unspecified atom stereocenters. The second-order valence-electron chi connectivity index (χ2n) is 5.50. The van der Waals surface area contributed by atoms with Gasteiger partial charge >= 0.3 is 0 Å². The average molecular weight is 257 g/mol. The van der Waals surface area contributed by atoms with E-state index in [2.05, 4.69) is 5.32 Å². The molecule has 4 heteroatoms. The van der Waals surface area contributed by atoms with E-state index < -0.39 is 6.10 Å². The smallest absolute Gasteiger partial charge is 0.222 e. The van der Waals surface area contributed by atoms with Crippen LogP contribution in [0.5, 0.6) is 0 Å². The molecule has 0 radical (unpaired) electrons. The van der Waals surface area contributed by atoms with Gasteiger partial charge in [0.15, 0.2) is 0 Å². The van der Waals surface area contributed by atoms with Gasteiger partial charge in [-0.3, -0.25) is 4.79 Å². The van der Waals surface area contributed by atoms with E-state index in [9.17, 15) is 9.90 Å². The maximum atomic E-state index is 11.9. The molecule has 18 heavy (non-hydrogen) atoms. The molecule has 4 nitrogen and oxygen atoms in total. The standard InChI is InChI=1S/C14H27NO3/c1-11(8-12-6-4-3-5-7-12)14(17)15-9-13(16)10-18-2/h11-13,16H,3-10H2,1-2H3,(H,15,17). The van der Waals surface area contributed by atoms with Crippen molar-refractivity contribution < 1.29 is 14.6 Å². The Bertz CT molecular complexity index is 239. The fourth-order valence-electron chi connectivity index (χ4n) is 2.67. The van der Waals surface area contributed by atoms with Crippen LogP contribution in [0.1, 0.15) is 45.4 Å². The lowest BCUT2D eigenvalue weighted by Crippen LogP contribution is -2.37. The van der Waals surface area contributed by atoms with Crippen LogP contribution < -0.4 is 5.32 Å². The van der Waals surface area contributed by atoms with Gasteiger partial charge in [0, 0.05) is 19.6 Å². The first kappa shape index (κ1) is 15.4. The van der Waals surface area contributed by atoms with Gasteiger partial charge in [0.2, 0.25) is 5.91 Å². The highest BCUT2D eigenvalue weighted by atomic mass is 16.5. The molecule has 1 fully saturated rings. The number of carbonyl (C=O) groups is 1. The van der Waals surface area contributed by atoms with Gasteiger partial charge in [0.25, 0.3) is 0 Å². The zero-order valence-electron chi connectivity index (χ0n) is 11.7. The van der Waals surface area contributed by atoms with Crippen LogP contribution in [-0.2, 0) is 9.53 Å². The first-order chi connectivity index (χ1) is 8.63. The summed E-state index contributed by atoms with van der Waals surface area (Å²) >= 11 is 0. The van der Waals surface area contributed by atoms with Gasteiger partial charge in [-0.05, 0) is 12.3 Å². The summed E-state index contributed by atoms with van der Waals surface area (Å²) in [6.07, 6.45) is 6.87. The van der Waals surface area contributed by atoms with Crippen molar-refractivity contribution in [3.8, 4) is 0 Å². The van der Waals surface area contributed by atoms with Crippen molar-refractivity contribution in [1.29, 1.82) is 0 Å². The van der Waals surface area contributed by atoms with Crippen LogP contribution >= 0.6 is 0 Å². The first-order valence-electron chi connectivity index (χ1n) is 7.08. The minimum atomic E-state index is -0.610. The highest BCUT2D eigenvalue weighted by molar-refractivity contribution is 5.78. The number of methoxy groups -OCH3 is 1. The number of aliphatic hydroxyl groups excluding tert-OH is 1. The lowest BCUT2D eigenvalue weighted by molar-refractivity contribution is -0.125. The fraction of sp³-hybridized carbons (Fsp3) is 0.929. The Hall–Kier alpha value is -0.610. The Morgan fingerprint density at radius 2 is 2.06 bits per heavy atom. The molecule has 0 aromatic rings. The number of hydrogen-bond donors (Lipinski definition) is 2. The molecular weight excluding hydrogens is 230 g/mol. The Morgan fingerprint density at radius 3 is 2.67 bits per heavy atom. The molecule has 1 rings (SSSR count). The molecule has 0 aromatic heterocycles. The fourth-order valence-corrected chi connectivity index (χ4v) is 2.67. The van der Waals surface area contributed by atoms with E-state index in [1.807, 2.05) is 6.92 Å². The topological polar surface area (TPSA) is 58.6 Å². The zero-order valence-corrected chi connectivity index (χ0v) is 11.7. The molecule has 2 N–H and O–H groups in total. The van der Waals surface area contributed by atoms with Crippen molar-refractivity contribution in [3.63, 3.8) is 0 Å². The number of nitrogens with one attached hydrogen (secondary N) is 1. The van der Waals surface area contributed by atoms with Crippen molar-refractivity contribution in [2.24, 2.45) is 11.8 Å². The summed E-state index contributed by atoms with van der Waals surface area (Å²) in [5, 5.41) is 12.2. The van der Waals surface area contributed by atoms with Gasteiger partial charge in [-0.1, -0.05) is 39.0 Å². The Morgan fingerprint density at radius 1 is 1.39 bits per heavy atom. The van der Waals surface area contributed by atoms with E-state index in [-0.39, 0.29) is 25.0 Å². The van der Waals surface area contributed by atoms with Crippen LogP contribution in [0, 0.1) is 11.8 Å². The largest absolute Gasteiger partial charge is 0.389 e. The Kier molecular flexibility index (Phi) is 7.28. The van der Waals surface area contributed by atoms with Crippen LogP contribution in [0.15, 0.2) is 0 Å². The van der Waals surface area contributed by atoms with Gasteiger partial charge in [-0.15, -0.1) is 0 Å². The van der Waals surface area contributed by atoms with Crippen LogP contribution in [0.4, 0.5) is 0 Å². The van der Waals surface area contributed by atoms with Crippen molar-refractivity contribution >= 4 is 5.91 Å². The van der Waals surface area contributed by atoms with E-state index in [0.717, 1.165) is 6.42 Å². The second kappa shape index (κ2) is 8.48. The highest BCUT2D eigenvalue weighted by Crippen LogP contribution is 2.28. The Balaban J connectivity index is 2.19. The van der Waals surface area contributed by atoms with Crippen molar-refractivity contribution in [3.05, 3.63) is 0 Å². The molecule has 1 amide bonds. The van der Waals surface area contributed by atoms with E-state index >= 15 is 0 Å². The summed E-state index contributed by atoms with van der Waals surface area (Å²) in [5.41, 5.74) is 0. The lowest BCUT2D eigenvalue weighted by atomic mass is 9.83. The van der Waals surface area contributed by atoms with Gasteiger partial charge in [0.05, 0.1) is 12.7 Å². The van der Waals surface area contributed by atoms with E-state index in [0.29, 0.717) is 5.92 Å². The molecule has 106 valence electrons. The third-order valence-electron chi connectivity index (χ3n) is 3.73. The lowest BCUT2D eigenvalue weighted by Gasteiger charge is -2.24.